The van der Waals surface area contributed by atoms with Crippen LogP contribution in [0.4, 0.5) is 5.69 Å². The van der Waals surface area contributed by atoms with Crippen molar-refractivity contribution in [3.8, 4) is 0 Å². The van der Waals surface area contributed by atoms with Crippen LogP contribution in [-0.2, 0) is 14.3 Å². The Morgan fingerprint density at radius 1 is 1.12 bits per heavy atom. The van der Waals surface area contributed by atoms with Crippen LogP contribution in [0, 0.1) is 5.41 Å². The lowest BCUT2D eigenvalue weighted by Crippen LogP contribution is -2.57. The van der Waals surface area contributed by atoms with E-state index in [1.807, 2.05) is 32.9 Å². The topological polar surface area (TPSA) is 102 Å². The van der Waals surface area contributed by atoms with Gasteiger partial charge < -0.3 is 29.9 Å². The average molecular weight is 459 g/mol. The van der Waals surface area contributed by atoms with Crippen molar-refractivity contribution in [2.24, 2.45) is 5.41 Å². The smallest absolute Gasteiger partial charge is 0.251 e. The minimum Gasteiger partial charge on any atom is -0.388 e. The van der Waals surface area contributed by atoms with Crippen molar-refractivity contribution >= 4 is 23.3 Å². The number of ether oxygens (including phenoxy) is 1. The van der Waals surface area contributed by atoms with Gasteiger partial charge >= 0.3 is 0 Å². The van der Waals surface area contributed by atoms with Crippen molar-refractivity contribution < 1.29 is 24.2 Å². The fourth-order valence-corrected chi connectivity index (χ4v) is 4.77. The number of hydrogen-bond donors (Lipinski definition) is 2. The van der Waals surface area contributed by atoms with E-state index in [2.05, 4.69) is 22.2 Å². The molecule has 4 atom stereocenters. The van der Waals surface area contributed by atoms with E-state index in [1.165, 1.54) is 4.90 Å². The lowest BCUT2D eigenvalue weighted by atomic mass is 9.85. The molecule has 4 rings (SSSR count). The molecule has 2 N–H and O–H groups in total. The van der Waals surface area contributed by atoms with Gasteiger partial charge in [-0.05, 0) is 36.7 Å². The zero-order chi connectivity index (χ0) is 23.9. The van der Waals surface area contributed by atoms with E-state index in [-0.39, 0.29) is 30.7 Å². The van der Waals surface area contributed by atoms with Crippen molar-refractivity contribution in [1.29, 1.82) is 0 Å². The number of nitrogens with one attached hydrogen (secondary N) is 1. The number of rotatable bonds is 4. The molecule has 9 heteroatoms. The van der Waals surface area contributed by atoms with E-state index in [4.69, 9.17) is 4.74 Å². The molecule has 1 aromatic carbocycles. The predicted molar refractivity (Wildman–Crippen MR) is 123 cm³/mol. The van der Waals surface area contributed by atoms with Gasteiger partial charge in [-0.1, -0.05) is 20.8 Å². The molecule has 0 unspecified atom stereocenters. The zero-order valence-electron chi connectivity index (χ0n) is 19.8. The van der Waals surface area contributed by atoms with E-state index in [1.54, 1.807) is 12.1 Å². The number of anilines is 1. The van der Waals surface area contributed by atoms with Crippen molar-refractivity contribution in [1.82, 2.24) is 15.1 Å². The summed E-state index contributed by atoms with van der Waals surface area (Å²) in [5.74, 6) is -0.947. The van der Waals surface area contributed by atoms with Crippen LogP contribution < -0.4 is 10.2 Å². The number of aliphatic hydroxyl groups is 1. The zero-order valence-corrected chi connectivity index (χ0v) is 19.8. The Balaban J connectivity index is 1.47. The molecule has 3 aliphatic rings. The summed E-state index contributed by atoms with van der Waals surface area (Å²) in [6.07, 6.45) is -1.61. The first-order valence-electron chi connectivity index (χ1n) is 11.5. The van der Waals surface area contributed by atoms with Gasteiger partial charge in [0, 0.05) is 37.4 Å². The van der Waals surface area contributed by atoms with Gasteiger partial charge in [-0.3, -0.25) is 14.4 Å². The first-order valence-corrected chi connectivity index (χ1v) is 11.5. The fourth-order valence-electron chi connectivity index (χ4n) is 4.77. The molecule has 0 bridgehead atoms. The first-order chi connectivity index (χ1) is 15.6. The molecule has 0 spiro atoms. The Bertz CT molecular complexity index is 904. The monoisotopic (exact) mass is 458 g/mol. The van der Waals surface area contributed by atoms with Gasteiger partial charge in [0.1, 0.15) is 30.9 Å². The van der Waals surface area contributed by atoms with Gasteiger partial charge in [0.2, 0.25) is 5.91 Å². The van der Waals surface area contributed by atoms with Gasteiger partial charge in [0.25, 0.3) is 5.91 Å². The van der Waals surface area contributed by atoms with E-state index in [0.29, 0.717) is 5.56 Å². The van der Waals surface area contributed by atoms with Crippen LogP contribution in [0.5, 0.6) is 0 Å². The number of ketones is 1. The molecule has 9 nitrogen and oxygen atoms in total. The van der Waals surface area contributed by atoms with Gasteiger partial charge in [-0.2, -0.15) is 0 Å². The number of likely N-dealkylation sites (tertiary alicyclic amines) is 1. The molecular weight excluding hydrogens is 424 g/mol. The van der Waals surface area contributed by atoms with Crippen molar-refractivity contribution in [3.63, 3.8) is 0 Å². The number of carbonyl (C=O) groups is 3. The largest absolute Gasteiger partial charge is 0.388 e. The third-order valence-corrected chi connectivity index (χ3v) is 6.83. The molecule has 180 valence electrons. The molecule has 3 saturated heterocycles. The quantitative estimate of drug-likeness (QED) is 0.661. The second kappa shape index (κ2) is 9.04. The van der Waals surface area contributed by atoms with Crippen LogP contribution in [0.25, 0.3) is 0 Å². The van der Waals surface area contributed by atoms with Crippen LogP contribution in [-0.4, -0.2) is 103 Å². The number of amides is 2. The summed E-state index contributed by atoms with van der Waals surface area (Å²) >= 11 is 0. The second-order valence-corrected chi connectivity index (χ2v) is 10.4. The second-order valence-electron chi connectivity index (χ2n) is 10.4. The highest BCUT2D eigenvalue weighted by molar-refractivity contribution is 5.99. The normalized spacial score (nSPS) is 26.9. The molecular formula is C24H34N4O5. The molecule has 2 amide bonds. The van der Waals surface area contributed by atoms with Crippen LogP contribution in [0.2, 0.25) is 0 Å². The maximum atomic E-state index is 13.5. The maximum Gasteiger partial charge on any atom is 0.251 e. The Kier molecular flexibility index (Phi) is 6.48. The van der Waals surface area contributed by atoms with E-state index < -0.39 is 29.7 Å². The van der Waals surface area contributed by atoms with E-state index in [0.717, 1.165) is 31.9 Å². The molecule has 0 radical (unpaired) electrons. The number of nitrogens with zero attached hydrogens (tertiary/aromatic N) is 3. The number of carbonyl (C=O) groups excluding carboxylic acids is 3. The number of fused-ring (bicyclic) bond motifs is 1. The molecule has 0 aliphatic carbocycles. The number of piperazine rings is 1. The minimum atomic E-state index is -0.913. The number of β-amino-alcohol motifs (C(OH)–C–C–N with tert-alkyl or cyclic N) is 1. The molecule has 0 aromatic heterocycles. The summed E-state index contributed by atoms with van der Waals surface area (Å²) in [5.41, 5.74) is 0.937. The van der Waals surface area contributed by atoms with Crippen molar-refractivity contribution in [2.45, 2.75) is 45.1 Å². The van der Waals surface area contributed by atoms with Crippen LogP contribution in [0.1, 0.15) is 31.1 Å². The Labute approximate surface area is 194 Å². The lowest BCUT2D eigenvalue weighted by Gasteiger charge is -2.35. The summed E-state index contributed by atoms with van der Waals surface area (Å²) in [6, 6.07) is 5.77. The molecule has 0 saturated carbocycles. The van der Waals surface area contributed by atoms with Crippen LogP contribution in [0.3, 0.4) is 0 Å². The number of hydrogen-bond acceptors (Lipinski definition) is 7. The highest BCUT2D eigenvalue weighted by atomic mass is 16.5. The van der Waals surface area contributed by atoms with Gasteiger partial charge in [-0.25, -0.2) is 0 Å². The minimum absolute atomic E-state index is 0.0159. The highest BCUT2D eigenvalue weighted by Gasteiger charge is 2.53. The lowest BCUT2D eigenvalue weighted by molar-refractivity contribution is -0.140. The number of aliphatic hydroxyl groups excluding tert-OH is 1. The molecule has 3 aliphatic heterocycles. The van der Waals surface area contributed by atoms with Crippen molar-refractivity contribution in [2.75, 3.05) is 51.3 Å². The third-order valence-electron chi connectivity index (χ3n) is 6.83. The third kappa shape index (κ3) is 4.76. The molecule has 33 heavy (non-hydrogen) atoms. The summed E-state index contributed by atoms with van der Waals surface area (Å²) < 4.78 is 5.38. The Morgan fingerprint density at radius 2 is 1.76 bits per heavy atom. The molecule has 1 aromatic rings. The number of benzene rings is 1. The van der Waals surface area contributed by atoms with E-state index >= 15 is 0 Å². The fraction of sp³-hybridized carbons (Fsp3) is 0.625. The van der Waals surface area contributed by atoms with Crippen LogP contribution >= 0.6 is 0 Å². The van der Waals surface area contributed by atoms with Gasteiger partial charge in [0.15, 0.2) is 5.78 Å². The Morgan fingerprint density at radius 3 is 2.36 bits per heavy atom. The molecule has 3 fully saturated rings. The summed E-state index contributed by atoms with van der Waals surface area (Å²) in [4.78, 5) is 44.8. The van der Waals surface area contributed by atoms with Gasteiger partial charge in [-0.15, -0.1) is 0 Å². The summed E-state index contributed by atoms with van der Waals surface area (Å²) in [5, 5.41) is 13.1. The standard InChI is InChI=1S/C24H34N4O5/c1-24(2,3)21(23(32)28-13-17(29)20-19(28)18(30)14-33-20)25-22(31)15-5-7-16(8-6-15)27-11-9-26(4)10-12-27/h5-8,17,19-21,29H,9-14H2,1-4H3,(H,25,31)/t17-,19+,20+,21+/m0/s1. The first kappa shape index (κ1) is 23.7. The average Bonchev–Trinajstić information content (AvgIpc) is 3.32. The summed E-state index contributed by atoms with van der Waals surface area (Å²) in [7, 11) is 2.11. The number of Topliss-reactive ketones (excluding diaryl/α,β-unsaturated/α-hetero) is 1. The molecule has 3 heterocycles. The van der Waals surface area contributed by atoms with Crippen molar-refractivity contribution in [3.05, 3.63) is 29.8 Å². The number of likely N-dealkylation sites (N-methyl/N-ethyl adjacent to an activating group) is 1. The SMILES string of the molecule is CN1CCN(c2ccc(C(=O)N[C@H](C(=O)N3C[C@H](O)[C@H]4OCC(=O)[C@H]43)C(C)(C)C)cc2)CC1. The van der Waals surface area contributed by atoms with Gasteiger partial charge in [0.05, 0.1) is 6.54 Å². The summed E-state index contributed by atoms with van der Waals surface area (Å²) in [6.45, 7) is 9.38. The Hall–Kier alpha value is -2.49. The van der Waals surface area contributed by atoms with Crippen LogP contribution in [0.15, 0.2) is 24.3 Å². The highest BCUT2D eigenvalue weighted by Crippen LogP contribution is 2.31. The maximum absolute atomic E-state index is 13.5. The predicted octanol–water partition coefficient (Wildman–Crippen LogP) is 0.123. The van der Waals surface area contributed by atoms with E-state index in [9.17, 15) is 19.5 Å².